The molecule has 4 rings (SSSR count). The highest BCUT2D eigenvalue weighted by Crippen LogP contribution is 2.53. The van der Waals surface area contributed by atoms with E-state index >= 15 is 8.78 Å². The Balaban J connectivity index is 1.68. The molecule has 14 heteroatoms. The summed E-state index contributed by atoms with van der Waals surface area (Å²) in [7, 11) is 1.35. The summed E-state index contributed by atoms with van der Waals surface area (Å²) in [4.78, 5) is 39.3. The van der Waals surface area contributed by atoms with Gasteiger partial charge in [-0.25, -0.2) is 13.6 Å². The maximum atomic E-state index is 16.0. The van der Waals surface area contributed by atoms with Gasteiger partial charge in [0.1, 0.15) is 22.8 Å². The van der Waals surface area contributed by atoms with Crippen molar-refractivity contribution in [1.29, 1.82) is 5.26 Å². The second kappa shape index (κ2) is 17.6. The van der Waals surface area contributed by atoms with Crippen LogP contribution in [-0.2, 0) is 30.9 Å². The van der Waals surface area contributed by atoms with Crippen molar-refractivity contribution in [3.05, 3.63) is 98.5 Å². The number of carbonyl (C=O) groups excluding carboxylic acids is 3. The van der Waals surface area contributed by atoms with Crippen LogP contribution >= 0.6 is 23.2 Å². The van der Waals surface area contributed by atoms with Crippen LogP contribution in [0.15, 0.2) is 54.6 Å². The fraction of sp³-hybridized carbons (Fsp3) is 0.421. The van der Waals surface area contributed by atoms with Crippen LogP contribution in [0.25, 0.3) is 0 Å². The van der Waals surface area contributed by atoms with Crippen LogP contribution < -0.4 is 15.4 Å². The number of nitrogens with zero attached hydrogens (tertiary/aromatic N) is 1. The summed E-state index contributed by atoms with van der Waals surface area (Å²) in [5, 5.41) is 25.5. The molecule has 1 aliphatic heterocycles. The van der Waals surface area contributed by atoms with Gasteiger partial charge in [-0.3, -0.25) is 9.59 Å². The first-order valence-electron chi connectivity index (χ1n) is 16.6. The number of benzene rings is 3. The quantitative estimate of drug-likeness (QED) is 0.131. The average Bonchev–Trinajstić information content (AvgIpc) is 3.41. The highest BCUT2D eigenvalue weighted by atomic mass is 35.5. The van der Waals surface area contributed by atoms with E-state index in [0.29, 0.717) is 12.0 Å². The molecule has 3 aromatic rings. The Morgan fingerprint density at radius 3 is 2.48 bits per heavy atom. The monoisotopic (exact) mass is 759 g/mol. The van der Waals surface area contributed by atoms with Crippen molar-refractivity contribution >= 4 is 40.9 Å². The van der Waals surface area contributed by atoms with Crippen LogP contribution in [0.3, 0.4) is 0 Å². The molecular weight excluding hydrogens is 719 g/mol. The largest absolute Gasteiger partial charge is 0.496 e. The van der Waals surface area contributed by atoms with Crippen molar-refractivity contribution in [1.82, 2.24) is 10.6 Å². The Morgan fingerprint density at radius 1 is 1.08 bits per heavy atom. The van der Waals surface area contributed by atoms with E-state index in [-0.39, 0.29) is 65.3 Å². The number of hydrogen-bond acceptors (Lipinski definition) is 9. The lowest BCUT2D eigenvalue weighted by molar-refractivity contribution is -0.124. The van der Waals surface area contributed by atoms with Gasteiger partial charge in [-0.15, -0.1) is 0 Å². The Kier molecular flexibility index (Phi) is 13.8. The molecule has 0 unspecified atom stereocenters. The molecule has 0 bridgehead atoms. The lowest BCUT2D eigenvalue weighted by atomic mass is 9.62. The third-order valence-electron chi connectivity index (χ3n) is 8.82. The maximum absolute atomic E-state index is 16.0. The van der Waals surface area contributed by atoms with Crippen LogP contribution in [0.5, 0.6) is 5.75 Å². The van der Waals surface area contributed by atoms with Gasteiger partial charge in [0.15, 0.2) is 12.4 Å². The molecule has 52 heavy (non-hydrogen) atoms. The average molecular weight is 761 g/mol. The van der Waals surface area contributed by atoms with Gasteiger partial charge in [0.2, 0.25) is 0 Å². The highest BCUT2D eigenvalue weighted by Gasteiger charge is 2.61. The number of halogens is 4. The minimum absolute atomic E-state index is 0.0301. The molecule has 278 valence electrons. The van der Waals surface area contributed by atoms with Gasteiger partial charge < -0.3 is 30.0 Å². The van der Waals surface area contributed by atoms with Gasteiger partial charge in [0.25, 0.3) is 5.91 Å². The van der Waals surface area contributed by atoms with Crippen LogP contribution in [-0.4, -0.2) is 74.9 Å². The van der Waals surface area contributed by atoms with E-state index in [0.717, 1.165) is 6.07 Å². The van der Waals surface area contributed by atoms with Gasteiger partial charge in [-0.2, -0.15) is 5.26 Å². The van der Waals surface area contributed by atoms with E-state index in [2.05, 4.69) is 16.7 Å². The van der Waals surface area contributed by atoms with E-state index in [4.69, 9.17) is 42.5 Å². The summed E-state index contributed by atoms with van der Waals surface area (Å²) >= 11 is 12.3. The number of nitrogens with one attached hydrogen (secondary N) is 2. The smallest absolute Gasteiger partial charge is 0.338 e. The number of aliphatic hydroxyl groups excluding tert-OH is 1. The molecule has 1 fully saturated rings. The standard InChI is InChI=1S/C38H41Cl2F2N3O7/c1-37(2,3)19-31-38(21-43,26-11-10-24(39)18-28(26)41)33(25-6-5-7-27(40)34(25)42)35(45-31)29(47)16-22-8-9-23(17-30(22)50-4)36(49)52-20-32(48)44-12-14-51-15-13-46/h5-11,17-18,31,33,35,45-46H,12-16,19-20H2,1-4H3,(H,44,48)/t31-,33-,35-,38-/m0/s1. The zero-order valence-electron chi connectivity index (χ0n) is 29.2. The second-order valence-electron chi connectivity index (χ2n) is 13.6. The van der Waals surface area contributed by atoms with Crippen molar-refractivity contribution in [2.75, 3.05) is 40.1 Å². The second-order valence-corrected chi connectivity index (χ2v) is 14.5. The number of aliphatic hydroxyl groups is 1. The predicted molar refractivity (Wildman–Crippen MR) is 191 cm³/mol. The summed E-state index contributed by atoms with van der Waals surface area (Å²) in [6.45, 7) is 5.60. The van der Waals surface area contributed by atoms with Crippen molar-refractivity contribution in [2.24, 2.45) is 5.41 Å². The number of carbonyl (C=O) groups is 3. The molecule has 1 amide bonds. The molecule has 0 spiro atoms. The lowest BCUT2D eigenvalue weighted by Crippen LogP contribution is -2.44. The molecule has 0 saturated carbocycles. The van der Waals surface area contributed by atoms with Gasteiger partial charge in [0.05, 0.1) is 49.6 Å². The first-order chi connectivity index (χ1) is 24.7. The highest BCUT2D eigenvalue weighted by molar-refractivity contribution is 6.31. The first-order valence-corrected chi connectivity index (χ1v) is 17.3. The van der Waals surface area contributed by atoms with Crippen LogP contribution in [0.2, 0.25) is 10.0 Å². The normalized spacial score (nSPS) is 19.9. The van der Waals surface area contributed by atoms with Crippen LogP contribution in [0, 0.1) is 28.4 Å². The number of ether oxygens (including phenoxy) is 3. The van der Waals surface area contributed by atoms with E-state index in [1.165, 1.54) is 55.6 Å². The Morgan fingerprint density at radius 2 is 1.83 bits per heavy atom. The van der Waals surface area contributed by atoms with Crippen LogP contribution in [0.1, 0.15) is 60.2 Å². The van der Waals surface area contributed by atoms with Gasteiger partial charge in [-0.1, -0.05) is 68.2 Å². The van der Waals surface area contributed by atoms with Crippen molar-refractivity contribution in [3.63, 3.8) is 0 Å². The fourth-order valence-electron chi connectivity index (χ4n) is 6.62. The Bertz CT molecular complexity index is 1830. The molecule has 4 atom stereocenters. The summed E-state index contributed by atoms with van der Waals surface area (Å²) < 4.78 is 47.6. The molecule has 1 aliphatic rings. The van der Waals surface area contributed by atoms with Crippen molar-refractivity contribution in [2.45, 2.75) is 57.0 Å². The predicted octanol–water partition coefficient (Wildman–Crippen LogP) is 5.70. The molecule has 0 radical (unpaired) electrons. The minimum Gasteiger partial charge on any atom is -0.496 e. The van der Waals surface area contributed by atoms with Crippen molar-refractivity contribution < 1.29 is 42.5 Å². The molecular formula is C38H41Cl2F2N3O7. The minimum atomic E-state index is -1.79. The number of methoxy groups -OCH3 is 1. The van der Waals surface area contributed by atoms with Gasteiger partial charge >= 0.3 is 5.97 Å². The molecule has 0 aliphatic carbocycles. The summed E-state index contributed by atoms with van der Waals surface area (Å²) in [6.07, 6.45) is 0.0309. The first kappa shape index (κ1) is 40.6. The maximum Gasteiger partial charge on any atom is 0.338 e. The lowest BCUT2D eigenvalue weighted by Gasteiger charge is -2.37. The number of amides is 1. The number of Topliss-reactive ketones (excluding diaryl/α,β-unsaturated/α-hetero) is 1. The number of hydrogen-bond donors (Lipinski definition) is 3. The zero-order chi connectivity index (χ0) is 38.2. The van der Waals surface area contributed by atoms with Gasteiger partial charge in [0, 0.05) is 41.1 Å². The topological polar surface area (TPSA) is 147 Å². The number of rotatable bonds is 15. The third kappa shape index (κ3) is 9.26. The molecule has 3 aromatic carbocycles. The van der Waals surface area contributed by atoms with E-state index in [1.54, 1.807) is 0 Å². The zero-order valence-corrected chi connectivity index (χ0v) is 30.7. The van der Waals surface area contributed by atoms with E-state index in [9.17, 15) is 19.6 Å². The summed E-state index contributed by atoms with van der Waals surface area (Å²) in [5.41, 5.74) is -1.85. The SMILES string of the molecule is COc1cc(C(=O)OCC(=O)NCCOCCO)ccc1CC(=O)[C@@H]1N[C@@H](CC(C)(C)C)[C@](C#N)(c2ccc(Cl)cc2F)[C@H]1c1cccc(Cl)c1F. The van der Waals surface area contributed by atoms with E-state index in [1.807, 2.05) is 20.8 Å². The molecule has 3 N–H and O–H groups in total. The number of esters is 1. The third-order valence-corrected chi connectivity index (χ3v) is 9.35. The van der Waals surface area contributed by atoms with Gasteiger partial charge in [-0.05, 0) is 47.7 Å². The number of ketones is 1. The fourth-order valence-corrected chi connectivity index (χ4v) is 6.96. The Labute approximate surface area is 311 Å². The van der Waals surface area contributed by atoms with E-state index < -0.39 is 64.7 Å². The number of nitriles is 1. The summed E-state index contributed by atoms with van der Waals surface area (Å²) in [5.74, 6) is -4.50. The molecule has 1 saturated heterocycles. The van der Waals surface area contributed by atoms with Crippen molar-refractivity contribution in [3.8, 4) is 11.8 Å². The molecule has 10 nitrogen and oxygen atoms in total. The Hall–Kier alpha value is -4.12. The summed E-state index contributed by atoms with van der Waals surface area (Å²) in [6, 6.07) is 12.8. The van der Waals surface area contributed by atoms with Crippen LogP contribution in [0.4, 0.5) is 8.78 Å². The molecule has 1 heterocycles. The molecule has 0 aromatic heterocycles.